The average Bonchev–Trinajstić information content (AvgIpc) is 3.10. The number of imide groups is 1. The highest BCUT2D eigenvalue weighted by molar-refractivity contribution is 7.84. The molecule has 0 bridgehead atoms. The van der Waals surface area contributed by atoms with Crippen molar-refractivity contribution in [1.82, 2.24) is 15.5 Å². The number of unbranched alkanes of at least 4 members (excludes halogenated alkanes) is 2. The third-order valence-corrected chi connectivity index (χ3v) is 9.37. The summed E-state index contributed by atoms with van der Waals surface area (Å²) in [5, 5.41) is 15.6. The van der Waals surface area contributed by atoms with E-state index in [2.05, 4.69) is 15.4 Å². The van der Waals surface area contributed by atoms with Gasteiger partial charge < -0.3 is 42.9 Å². The molecule has 11 N–H and O–H groups in total. The van der Waals surface area contributed by atoms with Crippen LogP contribution in [0.1, 0.15) is 90.1 Å². The lowest BCUT2D eigenvalue weighted by Crippen LogP contribution is -2.57. The van der Waals surface area contributed by atoms with E-state index >= 15 is 0 Å². The molecule has 0 aliphatic heterocycles. The molecule has 17 heteroatoms. The van der Waals surface area contributed by atoms with E-state index in [1.807, 2.05) is 0 Å². The first-order valence-corrected chi connectivity index (χ1v) is 18.3. The fourth-order valence-corrected chi connectivity index (χ4v) is 6.39. The van der Waals surface area contributed by atoms with E-state index in [0.717, 1.165) is 32.1 Å². The van der Waals surface area contributed by atoms with E-state index in [9.17, 15) is 33.3 Å². The van der Waals surface area contributed by atoms with Gasteiger partial charge in [-0.1, -0.05) is 38.5 Å². The number of aryl methyl sites for hydroxylation is 2. The van der Waals surface area contributed by atoms with Crippen LogP contribution in [0.2, 0.25) is 0 Å². The highest BCUT2D eigenvalue weighted by atomic mass is 35.5. The molecular formula is C34H60ClN5O10S. The number of carbonyl (C=O) groups is 5. The molecule has 1 aromatic rings. The Balaban J connectivity index is 0. The van der Waals surface area contributed by atoms with Gasteiger partial charge in [0.1, 0.15) is 18.3 Å². The van der Waals surface area contributed by atoms with Crippen LogP contribution in [0.5, 0.6) is 5.75 Å². The molecule has 294 valence electrons. The number of halogens is 1. The monoisotopic (exact) mass is 767 g/mol. The van der Waals surface area contributed by atoms with Gasteiger partial charge in [-0.25, -0.2) is 0 Å². The third kappa shape index (κ3) is 17.8. The molecule has 1 aliphatic rings. The van der Waals surface area contributed by atoms with Crippen LogP contribution in [0.3, 0.4) is 0 Å². The standard InChI is InChI=1S/C34H55N5O8S.ClH.2H2O/c1-22-17-25(40)18-23(2)26(22)20-28(36)34(45)39(33(44)27(35)14-16-48(4)46)21-30(41)38-29(19-24-11-7-5-8-12-24)32(43)37-15-10-6-9-13-31(42)47-3;;;/h17-18,24,27-29,40H,5-16,19-21,35-36H2,1-4H3,(H,37,43)(H,38,41);1H;2*1H2/t27-,28+,29+,48?;;;/m1.../s1/i1D,2D;;;. The smallest absolute Gasteiger partial charge is 0.305 e. The molecule has 1 aromatic carbocycles. The van der Waals surface area contributed by atoms with E-state index in [4.69, 9.17) is 14.2 Å². The van der Waals surface area contributed by atoms with Crippen LogP contribution in [0.15, 0.2) is 12.1 Å². The van der Waals surface area contributed by atoms with Gasteiger partial charge in [-0.15, -0.1) is 12.4 Å². The van der Waals surface area contributed by atoms with Gasteiger partial charge in [0.05, 0.1) is 19.2 Å². The lowest BCUT2D eigenvalue weighted by Gasteiger charge is -2.29. The molecule has 51 heavy (non-hydrogen) atoms. The molecule has 0 aromatic heterocycles. The summed E-state index contributed by atoms with van der Waals surface area (Å²) in [6.45, 7) is -0.928. The molecule has 1 aliphatic carbocycles. The molecule has 4 atom stereocenters. The molecule has 0 spiro atoms. The maximum absolute atomic E-state index is 13.8. The van der Waals surface area contributed by atoms with Gasteiger partial charge in [-0.2, -0.15) is 0 Å². The number of hydrogen-bond acceptors (Lipinski definition) is 10. The van der Waals surface area contributed by atoms with Gasteiger partial charge in [0.15, 0.2) is 0 Å². The second kappa shape index (κ2) is 25.7. The second-order valence-corrected chi connectivity index (χ2v) is 14.1. The number of nitrogens with one attached hydrogen (secondary N) is 2. The van der Waals surface area contributed by atoms with Crippen molar-refractivity contribution in [3.8, 4) is 5.75 Å². The van der Waals surface area contributed by atoms with Crippen molar-refractivity contribution in [1.29, 1.82) is 0 Å². The summed E-state index contributed by atoms with van der Waals surface area (Å²) in [4.78, 5) is 66.2. The van der Waals surface area contributed by atoms with Crippen LogP contribution in [-0.4, -0.2) is 105 Å². The van der Waals surface area contributed by atoms with Gasteiger partial charge >= 0.3 is 5.97 Å². The van der Waals surface area contributed by atoms with Crippen LogP contribution in [-0.2, 0) is 45.9 Å². The van der Waals surface area contributed by atoms with Crippen LogP contribution in [0.4, 0.5) is 0 Å². The quantitative estimate of drug-likeness (QED) is 0.0955. The fourth-order valence-electron chi connectivity index (χ4n) is 5.81. The zero-order valence-corrected chi connectivity index (χ0v) is 31.3. The van der Waals surface area contributed by atoms with Crippen molar-refractivity contribution < 1.29 is 51.7 Å². The minimum absolute atomic E-state index is 0. The zero-order chi connectivity index (χ0) is 37.2. The molecule has 2 rings (SSSR count). The first-order valence-electron chi connectivity index (χ1n) is 17.9. The number of ether oxygens (including phenoxy) is 1. The van der Waals surface area contributed by atoms with Crippen molar-refractivity contribution in [3.05, 3.63) is 28.8 Å². The lowest BCUT2D eigenvalue weighted by atomic mass is 9.84. The number of nitrogens with two attached hydrogens (primary N) is 2. The second-order valence-electron chi connectivity index (χ2n) is 12.5. The molecule has 1 saturated carbocycles. The summed E-state index contributed by atoms with van der Waals surface area (Å²) in [5.74, 6) is -3.09. The van der Waals surface area contributed by atoms with Crippen molar-refractivity contribution in [2.75, 3.05) is 32.2 Å². The maximum atomic E-state index is 13.8. The van der Waals surface area contributed by atoms with Crippen molar-refractivity contribution in [2.45, 2.75) is 109 Å². The van der Waals surface area contributed by atoms with Crippen LogP contribution < -0.4 is 22.1 Å². The highest BCUT2D eigenvalue weighted by Gasteiger charge is 2.34. The third-order valence-electron chi connectivity index (χ3n) is 8.56. The van der Waals surface area contributed by atoms with Gasteiger partial charge in [-0.05, 0) is 80.6 Å². The number of methoxy groups -OCH3 is 1. The molecule has 0 heterocycles. The topological polar surface area (TPSA) is 274 Å². The van der Waals surface area contributed by atoms with E-state index < -0.39 is 59.1 Å². The number of rotatable bonds is 19. The Bertz CT molecular complexity index is 1320. The van der Waals surface area contributed by atoms with E-state index in [1.54, 1.807) is 0 Å². The summed E-state index contributed by atoms with van der Waals surface area (Å²) in [6, 6.07) is -0.843. The number of aromatic hydroxyl groups is 1. The molecule has 0 radical (unpaired) electrons. The van der Waals surface area contributed by atoms with Crippen molar-refractivity contribution in [2.24, 2.45) is 17.4 Å². The van der Waals surface area contributed by atoms with Gasteiger partial charge in [-0.3, -0.25) is 33.1 Å². The number of hydrogen-bond donors (Lipinski definition) is 5. The highest BCUT2D eigenvalue weighted by Crippen LogP contribution is 2.27. The van der Waals surface area contributed by atoms with Crippen LogP contribution in [0.25, 0.3) is 0 Å². The Kier molecular flexibility index (Phi) is 23.2. The number of esters is 1. The molecule has 0 saturated heterocycles. The SMILES string of the molecule is Cl.O.O.[2H]Cc1cc(O)cc(C[2H])c1C[C@H](N)C(=O)N(CC(=O)N[C@@H](CC1CCCCC1)C(=O)NCCCCCC(=O)OC)C(=O)[C@H](N)CCS(C)=O. The van der Waals surface area contributed by atoms with Gasteiger partial charge in [0.2, 0.25) is 23.6 Å². The van der Waals surface area contributed by atoms with E-state index in [1.165, 1.54) is 25.5 Å². The summed E-state index contributed by atoms with van der Waals surface area (Å²) in [6.07, 6.45) is 8.83. The number of phenolic OH excluding ortho intramolecular Hbond substituents is 1. The lowest BCUT2D eigenvalue weighted by molar-refractivity contribution is -0.149. The van der Waals surface area contributed by atoms with Crippen molar-refractivity contribution in [3.63, 3.8) is 0 Å². The average molecular weight is 768 g/mol. The normalized spacial score (nSPS) is 15.5. The molecule has 1 fully saturated rings. The predicted octanol–water partition coefficient (Wildman–Crippen LogP) is 0.407. The largest absolute Gasteiger partial charge is 0.508 e. The van der Waals surface area contributed by atoms with E-state index in [0.29, 0.717) is 53.8 Å². The van der Waals surface area contributed by atoms with Gasteiger partial charge in [0, 0.05) is 38.5 Å². The summed E-state index contributed by atoms with van der Waals surface area (Å²) >= 11 is 0. The summed E-state index contributed by atoms with van der Waals surface area (Å²) in [5.41, 5.74) is 13.6. The molecule has 4 amide bonds. The molecular weight excluding hydrogens is 706 g/mol. The Morgan fingerprint density at radius 1 is 1.02 bits per heavy atom. The fraction of sp³-hybridized carbons (Fsp3) is 0.676. The first-order chi connectivity index (χ1) is 23.8. The Labute approximate surface area is 312 Å². The number of benzene rings is 1. The minimum Gasteiger partial charge on any atom is -0.508 e. The van der Waals surface area contributed by atoms with E-state index in [-0.39, 0.29) is 79.8 Å². The Morgan fingerprint density at radius 3 is 2.20 bits per heavy atom. The first kappa shape index (κ1) is 45.9. The van der Waals surface area contributed by atoms with Gasteiger partial charge in [0.25, 0.3) is 0 Å². The Morgan fingerprint density at radius 2 is 1.63 bits per heavy atom. The summed E-state index contributed by atoms with van der Waals surface area (Å²) in [7, 11) is 0.0617. The molecule has 15 nitrogen and oxygen atoms in total. The summed E-state index contributed by atoms with van der Waals surface area (Å²) < 4.78 is 32.1. The van der Waals surface area contributed by atoms with Crippen LogP contribution >= 0.6 is 12.4 Å². The minimum atomic E-state index is -1.38. The Hall–Kier alpha value is -3.15. The maximum Gasteiger partial charge on any atom is 0.305 e. The number of nitrogens with zero attached hydrogens (tertiary/aromatic N) is 1. The number of phenols is 1. The van der Waals surface area contributed by atoms with Crippen molar-refractivity contribution >= 4 is 52.8 Å². The predicted molar refractivity (Wildman–Crippen MR) is 199 cm³/mol. The van der Waals surface area contributed by atoms with Crippen LogP contribution in [0, 0.1) is 19.7 Å². The zero-order valence-electron chi connectivity index (χ0n) is 31.7. The number of carbonyl (C=O) groups excluding carboxylic acids is 5. The number of amides is 4. The molecule has 1 unspecified atom stereocenters.